The Bertz CT molecular complexity index is 1210. The third kappa shape index (κ3) is 5.67. The van der Waals surface area contributed by atoms with Crippen LogP contribution in [-0.2, 0) is 20.2 Å². The Labute approximate surface area is 199 Å². The number of nitrogens with one attached hydrogen (secondary N) is 1. The highest BCUT2D eigenvalue weighted by molar-refractivity contribution is 7.89. The van der Waals surface area contributed by atoms with Crippen molar-refractivity contribution in [1.29, 1.82) is 0 Å². The van der Waals surface area contributed by atoms with E-state index < -0.39 is 10.0 Å². The fourth-order valence-electron chi connectivity index (χ4n) is 3.42. The molecule has 0 spiro atoms. The van der Waals surface area contributed by atoms with Gasteiger partial charge in [0, 0.05) is 24.0 Å². The molecule has 1 saturated heterocycles. The molecule has 2 heterocycles. The van der Waals surface area contributed by atoms with Crippen LogP contribution >= 0.6 is 11.3 Å². The van der Waals surface area contributed by atoms with Crippen LogP contribution in [0.2, 0.25) is 0 Å². The summed E-state index contributed by atoms with van der Waals surface area (Å²) in [5.41, 5.74) is 6.99. The highest BCUT2D eigenvalue weighted by Crippen LogP contribution is 2.27. The van der Waals surface area contributed by atoms with E-state index in [2.05, 4.69) is 48.4 Å². The average molecular weight is 485 g/mol. The maximum absolute atomic E-state index is 12.8. The molecule has 0 bridgehead atoms. The first kappa shape index (κ1) is 23.6. The van der Waals surface area contributed by atoms with Crippen LogP contribution in [-0.4, -0.2) is 50.2 Å². The lowest BCUT2D eigenvalue weighted by molar-refractivity contribution is 0.0730. The van der Waals surface area contributed by atoms with Crippen molar-refractivity contribution in [2.24, 2.45) is 5.10 Å². The molecule has 0 saturated carbocycles. The number of anilines is 1. The zero-order valence-corrected chi connectivity index (χ0v) is 20.6. The molecule has 7 nitrogen and oxygen atoms in total. The normalized spacial score (nSPS) is 15.7. The van der Waals surface area contributed by atoms with Crippen LogP contribution in [0.25, 0.3) is 11.3 Å². The first-order valence-corrected chi connectivity index (χ1v) is 13.1. The first-order valence-electron chi connectivity index (χ1n) is 10.8. The van der Waals surface area contributed by atoms with E-state index in [9.17, 15) is 8.42 Å². The highest BCUT2D eigenvalue weighted by Gasteiger charge is 2.26. The summed E-state index contributed by atoms with van der Waals surface area (Å²) in [6.45, 7) is 8.18. The minimum absolute atomic E-state index is 0.121. The molecule has 1 aliphatic heterocycles. The van der Waals surface area contributed by atoms with Crippen LogP contribution in [0.4, 0.5) is 5.13 Å². The molecule has 9 heteroatoms. The lowest BCUT2D eigenvalue weighted by atomic mass is 9.87. The van der Waals surface area contributed by atoms with Crippen molar-refractivity contribution in [3.8, 4) is 11.3 Å². The molecule has 0 radical (unpaired) electrons. The van der Waals surface area contributed by atoms with Crippen LogP contribution in [0.5, 0.6) is 0 Å². The van der Waals surface area contributed by atoms with Crippen LogP contribution in [0, 0.1) is 0 Å². The van der Waals surface area contributed by atoms with E-state index in [1.54, 1.807) is 30.5 Å². The van der Waals surface area contributed by atoms with Gasteiger partial charge in [-0.1, -0.05) is 57.2 Å². The Morgan fingerprint density at radius 1 is 1.06 bits per heavy atom. The molecule has 2 aromatic carbocycles. The number of benzene rings is 2. The van der Waals surface area contributed by atoms with Crippen LogP contribution in [0.15, 0.2) is 63.9 Å². The molecule has 0 unspecified atom stereocenters. The van der Waals surface area contributed by atoms with E-state index in [1.165, 1.54) is 21.2 Å². The van der Waals surface area contributed by atoms with Gasteiger partial charge >= 0.3 is 0 Å². The maximum Gasteiger partial charge on any atom is 0.243 e. The van der Waals surface area contributed by atoms with Crippen molar-refractivity contribution in [3.63, 3.8) is 0 Å². The third-order valence-corrected chi connectivity index (χ3v) is 8.07. The van der Waals surface area contributed by atoms with Gasteiger partial charge in [-0.2, -0.15) is 9.41 Å². The summed E-state index contributed by atoms with van der Waals surface area (Å²) in [6, 6.07) is 15.2. The van der Waals surface area contributed by atoms with Gasteiger partial charge < -0.3 is 4.74 Å². The minimum atomic E-state index is -3.50. The number of aromatic nitrogens is 1. The van der Waals surface area contributed by atoms with Gasteiger partial charge in [-0.25, -0.2) is 13.4 Å². The van der Waals surface area contributed by atoms with Crippen molar-refractivity contribution in [1.82, 2.24) is 9.29 Å². The van der Waals surface area contributed by atoms with Gasteiger partial charge in [0.25, 0.3) is 0 Å². The number of hydrazone groups is 1. The predicted molar refractivity (Wildman–Crippen MR) is 133 cm³/mol. The minimum Gasteiger partial charge on any atom is -0.379 e. The number of morpholine rings is 1. The Hall–Kier alpha value is -2.59. The van der Waals surface area contributed by atoms with Gasteiger partial charge in [0.2, 0.25) is 15.2 Å². The fourth-order valence-corrected chi connectivity index (χ4v) is 5.50. The van der Waals surface area contributed by atoms with Gasteiger partial charge in [0.05, 0.1) is 30.0 Å². The number of nitrogens with zero attached hydrogens (tertiary/aromatic N) is 3. The number of thiazole rings is 1. The first-order chi connectivity index (χ1) is 15.7. The average Bonchev–Trinajstić information content (AvgIpc) is 3.28. The number of hydrogen-bond donors (Lipinski definition) is 1. The number of rotatable bonds is 6. The summed E-state index contributed by atoms with van der Waals surface area (Å²) in [7, 11) is -3.50. The third-order valence-electron chi connectivity index (χ3n) is 5.41. The SMILES string of the molecule is CC(C)(C)c1ccc(/C=N/Nc2nc(-c3ccc(S(=O)(=O)N4CCOCC4)cc3)cs2)cc1. The van der Waals surface area contributed by atoms with E-state index >= 15 is 0 Å². The van der Waals surface area contributed by atoms with Crippen molar-refractivity contribution in [2.75, 3.05) is 31.7 Å². The second-order valence-corrected chi connectivity index (χ2v) is 11.6. The highest BCUT2D eigenvalue weighted by atomic mass is 32.2. The van der Waals surface area contributed by atoms with Crippen LogP contribution < -0.4 is 5.43 Å². The summed E-state index contributed by atoms with van der Waals surface area (Å²) >= 11 is 1.44. The summed E-state index contributed by atoms with van der Waals surface area (Å²) in [5, 5.41) is 6.87. The Balaban J connectivity index is 1.39. The van der Waals surface area contributed by atoms with Crippen molar-refractivity contribution < 1.29 is 13.2 Å². The largest absolute Gasteiger partial charge is 0.379 e. The Morgan fingerprint density at radius 3 is 2.36 bits per heavy atom. The molecular weight excluding hydrogens is 456 g/mol. The van der Waals surface area contributed by atoms with Crippen LogP contribution in [0.3, 0.4) is 0 Å². The smallest absolute Gasteiger partial charge is 0.243 e. The predicted octanol–water partition coefficient (Wildman–Crippen LogP) is 4.57. The van der Waals surface area contributed by atoms with E-state index in [1.807, 2.05) is 17.5 Å². The second-order valence-electron chi connectivity index (χ2n) is 8.82. The number of ether oxygens (including phenoxy) is 1. The molecule has 174 valence electrons. The number of hydrogen-bond acceptors (Lipinski definition) is 7. The summed E-state index contributed by atoms with van der Waals surface area (Å²) in [4.78, 5) is 4.84. The second kappa shape index (κ2) is 9.72. The van der Waals surface area contributed by atoms with Crippen molar-refractivity contribution in [3.05, 3.63) is 65.0 Å². The lowest BCUT2D eigenvalue weighted by Crippen LogP contribution is -2.40. The van der Waals surface area contributed by atoms with E-state index in [0.29, 0.717) is 31.4 Å². The van der Waals surface area contributed by atoms with E-state index in [4.69, 9.17) is 4.74 Å². The molecule has 3 aromatic rings. The van der Waals surface area contributed by atoms with Gasteiger partial charge in [-0.3, -0.25) is 5.43 Å². The fraction of sp³-hybridized carbons (Fsp3) is 0.333. The molecule has 1 aliphatic rings. The van der Waals surface area contributed by atoms with Gasteiger partial charge in [0.15, 0.2) is 0 Å². The molecule has 1 N–H and O–H groups in total. The zero-order valence-electron chi connectivity index (χ0n) is 19.0. The molecule has 0 atom stereocenters. The van der Waals surface area contributed by atoms with Crippen molar-refractivity contribution in [2.45, 2.75) is 31.1 Å². The quantitative estimate of drug-likeness (QED) is 0.409. The Kier molecular flexibility index (Phi) is 6.94. The summed E-state index contributed by atoms with van der Waals surface area (Å²) < 4.78 is 32.3. The van der Waals surface area contributed by atoms with Gasteiger partial charge in [0.1, 0.15) is 0 Å². The number of sulfonamides is 1. The molecule has 1 aromatic heterocycles. The Morgan fingerprint density at radius 2 is 1.73 bits per heavy atom. The van der Waals surface area contributed by atoms with Gasteiger partial charge in [-0.05, 0) is 28.7 Å². The topological polar surface area (TPSA) is 83.9 Å². The lowest BCUT2D eigenvalue weighted by Gasteiger charge is -2.26. The zero-order chi connectivity index (χ0) is 23.5. The molecule has 0 amide bonds. The van der Waals surface area contributed by atoms with E-state index in [0.717, 1.165) is 16.8 Å². The standard InChI is InChI=1S/C24H28N4O3S2/c1-24(2,3)20-8-4-18(5-9-20)16-25-27-23-26-22(17-32-23)19-6-10-21(11-7-19)33(29,30)28-12-14-31-15-13-28/h4-11,16-17H,12-15H2,1-3H3,(H,26,27)/b25-16+. The molecule has 33 heavy (non-hydrogen) atoms. The molecule has 4 rings (SSSR count). The summed E-state index contributed by atoms with van der Waals surface area (Å²) in [5.74, 6) is 0. The maximum atomic E-state index is 12.8. The molecular formula is C24H28N4O3S2. The molecule has 1 fully saturated rings. The van der Waals surface area contributed by atoms with Crippen LogP contribution in [0.1, 0.15) is 31.9 Å². The molecule has 0 aliphatic carbocycles. The van der Waals surface area contributed by atoms with Crippen molar-refractivity contribution >= 4 is 32.7 Å². The van der Waals surface area contributed by atoms with Gasteiger partial charge in [-0.15, -0.1) is 11.3 Å². The van der Waals surface area contributed by atoms with E-state index in [-0.39, 0.29) is 10.3 Å². The summed E-state index contributed by atoms with van der Waals surface area (Å²) in [6.07, 6.45) is 1.76. The monoisotopic (exact) mass is 484 g/mol.